The molecular weight excluding hydrogens is 228 g/mol. The van der Waals surface area contributed by atoms with Crippen molar-refractivity contribution < 1.29 is 13.2 Å². The Labute approximate surface area is 97.9 Å². The second kappa shape index (κ2) is 6.54. The summed E-state index contributed by atoms with van der Waals surface area (Å²) in [6.07, 6.45) is 1.04. The average molecular weight is 250 g/mol. The van der Waals surface area contributed by atoms with Crippen LogP contribution in [0.5, 0.6) is 0 Å². The van der Waals surface area contributed by atoms with E-state index in [0.29, 0.717) is 6.54 Å². The number of methoxy groups -OCH3 is 1. The number of nitrogens with one attached hydrogen (secondary N) is 2. The first kappa shape index (κ1) is 13.9. The van der Waals surface area contributed by atoms with Gasteiger partial charge in [0.15, 0.2) is 9.84 Å². The molecule has 1 heterocycles. The van der Waals surface area contributed by atoms with Gasteiger partial charge in [0.2, 0.25) is 0 Å². The zero-order valence-corrected chi connectivity index (χ0v) is 10.8. The van der Waals surface area contributed by atoms with Gasteiger partial charge >= 0.3 is 0 Å². The van der Waals surface area contributed by atoms with E-state index in [1.54, 1.807) is 7.11 Å². The predicted octanol–water partition coefficient (Wildman–Crippen LogP) is -0.612. The van der Waals surface area contributed by atoms with Gasteiger partial charge in [-0.1, -0.05) is 0 Å². The lowest BCUT2D eigenvalue weighted by Gasteiger charge is -2.23. The van der Waals surface area contributed by atoms with Crippen molar-refractivity contribution in [3.05, 3.63) is 0 Å². The minimum absolute atomic E-state index is 0.101. The lowest BCUT2D eigenvalue weighted by molar-refractivity contribution is 0.117. The Balaban J connectivity index is 2.13. The summed E-state index contributed by atoms with van der Waals surface area (Å²) in [4.78, 5) is 0. The fourth-order valence-corrected chi connectivity index (χ4v) is 3.21. The van der Waals surface area contributed by atoms with Crippen LogP contribution in [0.4, 0.5) is 0 Å². The number of sulfone groups is 1. The van der Waals surface area contributed by atoms with E-state index in [1.807, 2.05) is 6.92 Å². The summed E-state index contributed by atoms with van der Waals surface area (Å²) in [6.45, 7) is 4.20. The Kier molecular flexibility index (Phi) is 5.68. The monoisotopic (exact) mass is 250 g/mol. The van der Waals surface area contributed by atoms with Crippen molar-refractivity contribution in [1.82, 2.24) is 10.6 Å². The highest BCUT2D eigenvalue weighted by Crippen LogP contribution is 2.04. The van der Waals surface area contributed by atoms with Crippen LogP contribution in [0.15, 0.2) is 0 Å². The molecule has 5 nitrogen and oxygen atoms in total. The van der Waals surface area contributed by atoms with Gasteiger partial charge in [-0.3, -0.25) is 0 Å². The molecule has 1 aliphatic rings. The molecular formula is C10H22N2O3S. The SMILES string of the molecule is COC(C)CNCCC1CS(=O)(=O)CCN1. The molecule has 0 aromatic carbocycles. The van der Waals surface area contributed by atoms with Gasteiger partial charge in [0.25, 0.3) is 0 Å². The lowest BCUT2D eigenvalue weighted by atomic mass is 10.2. The minimum atomic E-state index is -2.81. The van der Waals surface area contributed by atoms with Gasteiger partial charge in [0.1, 0.15) is 0 Å². The number of hydrogen-bond acceptors (Lipinski definition) is 5. The topological polar surface area (TPSA) is 67.4 Å². The molecule has 2 N–H and O–H groups in total. The third-order valence-electron chi connectivity index (χ3n) is 2.80. The summed E-state index contributed by atoms with van der Waals surface area (Å²) < 4.78 is 27.8. The smallest absolute Gasteiger partial charge is 0.153 e. The molecule has 0 aromatic heterocycles. The summed E-state index contributed by atoms with van der Waals surface area (Å²) in [6, 6.07) is 0.101. The fraction of sp³-hybridized carbons (Fsp3) is 1.00. The molecule has 0 amide bonds. The molecule has 6 heteroatoms. The third-order valence-corrected chi connectivity index (χ3v) is 4.54. The molecule has 0 bridgehead atoms. The van der Waals surface area contributed by atoms with Gasteiger partial charge in [0.05, 0.1) is 17.6 Å². The molecule has 0 aliphatic carbocycles. The van der Waals surface area contributed by atoms with Crippen molar-refractivity contribution in [3.8, 4) is 0 Å². The van der Waals surface area contributed by atoms with Gasteiger partial charge < -0.3 is 15.4 Å². The van der Waals surface area contributed by atoms with Crippen molar-refractivity contribution in [2.75, 3.05) is 38.2 Å². The molecule has 1 rings (SSSR count). The van der Waals surface area contributed by atoms with Gasteiger partial charge in [0, 0.05) is 26.2 Å². The van der Waals surface area contributed by atoms with E-state index < -0.39 is 9.84 Å². The fourth-order valence-electron chi connectivity index (χ4n) is 1.72. The minimum Gasteiger partial charge on any atom is -0.380 e. The van der Waals surface area contributed by atoms with Crippen molar-refractivity contribution in [2.24, 2.45) is 0 Å². The van der Waals surface area contributed by atoms with Crippen LogP contribution in [0.25, 0.3) is 0 Å². The third kappa shape index (κ3) is 5.25. The van der Waals surface area contributed by atoms with E-state index >= 15 is 0 Å². The zero-order valence-electron chi connectivity index (χ0n) is 10.0. The van der Waals surface area contributed by atoms with Crippen molar-refractivity contribution in [1.29, 1.82) is 0 Å². The maximum atomic E-state index is 11.4. The molecule has 1 fully saturated rings. The molecule has 0 radical (unpaired) electrons. The largest absolute Gasteiger partial charge is 0.380 e. The van der Waals surface area contributed by atoms with Gasteiger partial charge in [-0.25, -0.2) is 8.42 Å². The first-order chi connectivity index (χ1) is 7.53. The Morgan fingerprint density at radius 1 is 1.56 bits per heavy atom. The molecule has 0 saturated carbocycles. The summed E-state index contributed by atoms with van der Waals surface area (Å²) in [7, 11) is -1.12. The van der Waals surface area contributed by atoms with E-state index in [-0.39, 0.29) is 23.7 Å². The highest BCUT2D eigenvalue weighted by molar-refractivity contribution is 7.91. The maximum absolute atomic E-state index is 11.4. The molecule has 2 unspecified atom stereocenters. The Bertz CT molecular complexity index is 292. The molecule has 1 aliphatic heterocycles. The van der Waals surface area contributed by atoms with Crippen LogP contribution in [0.2, 0.25) is 0 Å². The normalized spacial score (nSPS) is 26.5. The highest BCUT2D eigenvalue weighted by Gasteiger charge is 2.23. The number of rotatable bonds is 6. The van der Waals surface area contributed by atoms with E-state index in [0.717, 1.165) is 19.5 Å². The molecule has 16 heavy (non-hydrogen) atoms. The molecule has 2 atom stereocenters. The van der Waals surface area contributed by atoms with Crippen LogP contribution >= 0.6 is 0 Å². The Hall–Kier alpha value is -0.170. The van der Waals surface area contributed by atoms with Crippen LogP contribution < -0.4 is 10.6 Å². The summed E-state index contributed by atoms with van der Waals surface area (Å²) in [5.74, 6) is 0.548. The second-order valence-corrected chi connectivity index (χ2v) is 6.53. The van der Waals surface area contributed by atoms with Gasteiger partial charge in [-0.05, 0) is 19.9 Å². The first-order valence-corrected chi connectivity index (χ1v) is 7.53. The number of hydrogen-bond donors (Lipinski definition) is 2. The summed E-state index contributed by atoms with van der Waals surface area (Å²) in [5.41, 5.74) is 0. The first-order valence-electron chi connectivity index (χ1n) is 5.71. The Morgan fingerprint density at radius 2 is 2.31 bits per heavy atom. The Morgan fingerprint density at radius 3 is 2.94 bits per heavy atom. The molecule has 96 valence electrons. The van der Waals surface area contributed by atoms with E-state index in [2.05, 4.69) is 10.6 Å². The maximum Gasteiger partial charge on any atom is 0.153 e. The van der Waals surface area contributed by atoms with Crippen molar-refractivity contribution in [3.63, 3.8) is 0 Å². The van der Waals surface area contributed by atoms with Gasteiger partial charge in [-0.2, -0.15) is 0 Å². The van der Waals surface area contributed by atoms with E-state index in [1.165, 1.54) is 0 Å². The standard InChI is InChI=1S/C10H22N2O3S/c1-9(15-2)7-11-4-3-10-8-16(13,14)6-5-12-10/h9-12H,3-8H2,1-2H3. The molecule has 0 aromatic rings. The molecule has 1 saturated heterocycles. The van der Waals surface area contributed by atoms with Crippen LogP contribution in [-0.4, -0.2) is 58.8 Å². The van der Waals surface area contributed by atoms with Gasteiger partial charge in [-0.15, -0.1) is 0 Å². The van der Waals surface area contributed by atoms with Crippen LogP contribution in [0.3, 0.4) is 0 Å². The van der Waals surface area contributed by atoms with Crippen LogP contribution in [0.1, 0.15) is 13.3 Å². The van der Waals surface area contributed by atoms with E-state index in [9.17, 15) is 8.42 Å². The zero-order chi connectivity index (χ0) is 12.0. The van der Waals surface area contributed by atoms with Crippen LogP contribution in [0, 0.1) is 0 Å². The predicted molar refractivity (Wildman–Crippen MR) is 64.4 cm³/mol. The summed E-state index contributed by atoms with van der Waals surface area (Å²) in [5, 5.41) is 6.48. The number of ether oxygens (including phenoxy) is 1. The molecule has 0 spiro atoms. The quantitative estimate of drug-likeness (QED) is 0.616. The van der Waals surface area contributed by atoms with Crippen LogP contribution in [-0.2, 0) is 14.6 Å². The average Bonchev–Trinajstić information content (AvgIpc) is 2.22. The second-order valence-electron chi connectivity index (χ2n) is 4.30. The highest BCUT2D eigenvalue weighted by atomic mass is 32.2. The van der Waals surface area contributed by atoms with Crippen molar-refractivity contribution >= 4 is 9.84 Å². The van der Waals surface area contributed by atoms with Crippen molar-refractivity contribution in [2.45, 2.75) is 25.5 Å². The van der Waals surface area contributed by atoms with E-state index in [4.69, 9.17) is 4.74 Å². The summed E-state index contributed by atoms with van der Waals surface area (Å²) >= 11 is 0. The lowest BCUT2D eigenvalue weighted by Crippen LogP contribution is -2.46.